The zero-order valence-electron chi connectivity index (χ0n) is 15.7. The summed E-state index contributed by atoms with van der Waals surface area (Å²) in [6, 6.07) is 5.66. The summed E-state index contributed by atoms with van der Waals surface area (Å²) in [4.78, 5) is 14.3. The summed E-state index contributed by atoms with van der Waals surface area (Å²) in [5.41, 5.74) is -0.897. The molecule has 2 heterocycles. The van der Waals surface area contributed by atoms with Gasteiger partial charge in [-0.3, -0.25) is 9.69 Å². The molecule has 0 aliphatic heterocycles. The molecule has 2 aromatic rings. The van der Waals surface area contributed by atoms with Crippen LogP contribution in [-0.2, 0) is 11.3 Å². The van der Waals surface area contributed by atoms with Gasteiger partial charge < -0.3 is 14.2 Å². The highest BCUT2D eigenvalue weighted by Crippen LogP contribution is 2.19. The van der Waals surface area contributed by atoms with Crippen LogP contribution in [0.3, 0.4) is 0 Å². The minimum absolute atomic E-state index is 0.00266. The Balaban J connectivity index is 2.00. The monoisotopic (exact) mass is 359 g/mol. The van der Waals surface area contributed by atoms with E-state index >= 15 is 0 Å². The summed E-state index contributed by atoms with van der Waals surface area (Å²) in [7, 11) is 0. The van der Waals surface area contributed by atoms with Gasteiger partial charge in [0.2, 0.25) is 11.8 Å². The van der Waals surface area contributed by atoms with Gasteiger partial charge in [0.1, 0.15) is 5.54 Å². The van der Waals surface area contributed by atoms with Gasteiger partial charge in [-0.15, -0.1) is 10.2 Å². The van der Waals surface area contributed by atoms with Crippen LogP contribution in [0.5, 0.6) is 0 Å². The summed E-state index contributed by atoms with van der Waals surface area (Å²) < 4.78 is 10.8. The molecule has 2 rings (SSSR count). The first-order valence-electron chi connectivity index (χ1n) is 8.68. The molecule has 26 heavy (non-hydrogen) atoms. The molecule has 0 bridgehead atoms. The van der Waals surface area contributed by atoms with E-state index in [1.807, 2.05) is 25.7 Å². The molecule has 0 spiro atoms. The number of hydrogen-bond donors (Lipinski definition) is 1. The number of nitrogens with zero attached hydrogens (tertiary/aromatic N) is 4. The second kappa shape index (κ2) is 8.63. The molecule has 8 heteroatoms. The molecule has 8 nitrogen and oxygen atoms in total. The van der Waals surface area contributed by atoms with Gasteiger partial charge in [0.05, 0.1) is 25.4 Å². The van der Waals surface area contributed by atoms with E-state index in [0.29, 0.717) is 30.6 Å². The molecule has 140 valence electrons. The van der Waals surface area contributed by atoms with Crippen molar-refractivity contribution >= 4 is 5.91 Å². The van der Waals surface area contributed by atoms with Crippen molar-refractivity contribution in [3.8, 4) is 17.7 Å². The van der Waals surface area contributed by atoms with Gasteiger partial charge in [-0.1, -0.05) is 20.8 Å². The first-order chi connectivity index (χ1) is 12.4. The molecule has 0 fully saturated rings. The topological polar surface area (TPSA) is 108 Å². The normalized spacial score (nSPS) is 13.6. The number of carbonyl (C=O) groups excluding carboxylic acids is 1. The maximum Gasteiger partial charge on any atom is 0.283 e. The second-order valence-electron chi connectivity index (χ2n) is 6.71. The third kappa shape index (κ3) is 4.92. The number of furan rings is 1. The van der Waals surface area contributed by atoms with Gasteiger partial charge >= 0.3 is 0 Å². The zero-order chi connectivity index (χ0) is 19.2. The van der Waals surface area contributed by atoms with Crippen molar-refractivity contribution in [1.82, 2.24) is 20.4 Å². The Bertz CT molecular complexity index is 747. The van der Waals surface area contributed by atoms with Crippen molar-refractivity contribution in [1.29, 1.82) is 5.26 Å². The Morgan fingerprint density at radius 1 is 1.46 bits per heavy atom. The van der Waals surface area contributed by atoms with Crippen molar-refractivity contribution in [2.45, 2.75) is 46.2 Å². The number of nitrogens with one attached hydrogen (secondary N) is 1. The van der Waals surface area contributed by atoms with Crippen molar-refractivity contribution < 1.29 is 13.6 Å². The largest absolute Gasteiger partial charge is 0.459 e. The Hall–Kier alpha value is -2.66. The first-order valence-corrected chi connectivity index (χ1v) is 8.68. The minimum atomic E-state index is -0.897. The fraction of sp³-hybridized carbons (Fsp3) is 0.556. The number of hydrogen-bond acceptors (Lipinski definition) is 7. The van der Waals surface area contributed by atoms with E-state index in [1.54, 1.807) is 19.1 Å². The Labute approximate surface area is 153 Å². The number of rotatable bonds is 9. The lowest BCUT2D eigenvalue weighted by Gasteiger charge is -2.29. The van der Waals surface area contributed by atoms with E-state index in [-0.39, 0.29) is 18.4 Å². The van der Waals surface area contributed by atoms with E-state index in [2.05, 4.69) is 21.6 Å². The second-order valence-corrected chi connectivity index (χ2v) is 6.71. The van der Waals surface area contributed by atoms with Gasteiger partial charge in [-0.25, -0.2) is 0 Å². The maximum atomic E-state index is 12.4. The standard InChI is InChI=1S/C18H25N5O3/c1-5-8-23(10-15(24)20-18(4,12-19)13(2)3)11-16-21-22-17(26-16)14-7-6-9-25-14/h6-7,9,13H,5,8,10-11H2,1-4H3,(H,20,24)/t18-/m1/s1. The van der Waals surface area contributed by atoms with Crippen molar-refractivity contribution in [3.05, 3.63) is 24.3 Å². The molecule has 0 aliphatic rings. The molecule has 0 saturated heterocycles. The van der Waals surface area contributed by atoms with E-state index in [4.69, 9.17) is 8.83 Å². The molecular weight excluding hydrogens is 334 g/mol. The lowest BCUT2D eigenvalue weighted by Crippen LogP contribution is -2.51. The lowest BCUT2D eigenvalue weighted by atomic mass is 9.90. The van der Waals surface area contributed by atoms with Gasteiger partial charge in [0, 0.05) is 0 Å². The highest BCUT2D eigenvalue weighted by atomic mass is 16.4. The summed E-state index contributed by atoms with van der Waals surface area (Å²) in [6.45, 7) is 8.75. The van der Waals surface area contributed by atoms with Crippen LogP contribution in [0.2, 0.25) is 0 Å². The third-order valence-electron chi connectivity index (χ3n) is 4.25. The zero-order valence-corrected chi connectivity index (χ0v) is 15.7. The number of nitriles is 1. The number of aromatic nitrogens is 2. The quantitative estimate of drug-likeness (QED) is 0.733. The van der Waals surface area contributed by atoms with Gasteiger partial charge in [0.15, 0.2) is 5.76 Å². The van der Waals surface area contributed by atoms with E-state index < -0.39 is 5.54 Å². The van der Waals surface area contributed by atoms with Crippen molar-refractivity contribution in [2.24, 2.45) is 5.92 Å². The molecule has 1 amide bonds. The summed E-state index contributed by atoms with van der Waals surface area (Å²) in [6.07, 6.45) is 2.40. The summed E-state index contributed by atoms with van der Waals surface area (Å²) in [5.74, 6) is 1.02. The Kier molecular flexibility index (Phi) is 6.52. The van der Waals surface area contributed by atoms with Crippen molar-refractivity contribution in [2.75, 3.05) is 13.1 Å². The molecular formula is C18H25N5O3. The molecule has 0 aromatic carbocycles. The minimum Gasteiger partial charge on any atom is -0.459 e. The SMILES string of the molecule is CCCN(CC(=O)N[C@](C)(C#N)C(C)C)Cc1nnc(-c2ccco2)o1. The highest BCUT2D eigenvalue weighted by molar-refractivity contribution is 5.79. The van der Waals surface area contributed by atoms with Crippen LogP contribution in [0.1, 0.15) is 40.0 Å². The Morgan fingerprint density at radius 3 is 2.81 bits per heavy atom. The van der Waals surface area contributed by atoms with Crippen LogP contribution in [0.25, 0.3) is 11.7 Å². The average molecular weight is 359 g/mol. The summed E-state index contributed by atoms with van der Waals surface area (Å²) in [5, 5.41) is 20.2. The fourth-order valence-electron chi connectivity index (χ4n) is 2.37. The summed E-state index contributed by atoms with van der Waals surface area (Å²) >= 11 is 0. The van der Waals surface area contributed by atoms with E-state index in [0.717, 1.165) is 6.42 Å². The van der Waals surface area contributed by atoms with Crippen molar-refractivity contribution in [3.63, 3.8) is 0 Å². The van der Waals surface area contributed by atoms with Gasteiger partial charge in [0.25, 0.3) is 5.89 Å². The van der Waals surface area contributed by atoms with Crippen LogP contribution in [0.4, 0.5) is 0 Å². The molecule has 0 radical (unpaired) electrons. The molecule has 0 unspecified atom stereocenters. The predicted molar refractivity (Wildman–Crippen MR) is 94.6 cm³/mol. The first kappa shape index (κ1) is 19.7. The molecule has 2 aromatic heterocycles. The van der Waals surface area contributed by atoms with Crippen LogP contribution in [0.15, 0.2) is 27.2 Å². The fourth-order valence-corrected chi connectivity index (χ4v) is 2.37. The number of amides is 1. The lowest BCUT2D eigenvalue weighted by molar-refractivity contribution is -0.124. The maximum absolute atomic E-state index is 12.4. The third-order valence-corrected chi connectivity index (χ3v) is 4.25. The smallest absolute Gasteiger partial charge is 0.283 e. The molecule has 0 saturated carbocycles. The van der Waals surface area contributed by atoms with Gasteiger partial charge in [-0.05, 0) is 37.9 Å². The van der Waals surface area contributed by atoms with Gasteiger partial charge in [-0.2, -0.15) is 5.26 Å². The van der Waals surface area contributed by atoms with Crippen LogP contribution in [0, 0.1) is 17.2 Å². The molecule has 1 N–H and O–H groups in total. The van der Waals surface area contributed by atoms with E-state index in [1.165, 1.54) is 6.26 Å². The average Bonchev–Trinajstić information content (AvgIpc) is 3.25. The van der Waals surface area contributed by atoms with Crippen LogP contribution >= 0.6 is 0 Å². The van der Waals surface area contributed by atoms with Crippen LogP contribution < -0.4 is 5.32 Å². The molecule has 1 atom stereocenters. The van der Waals surface area contributed by atoms with E-state index in [9.17, 15) is 10.1 Å². The Morgan fingerprint density at radius 2 is 2.23 bits per heavy atom. The molecule has 0 aliphatic carbocycles. The van der Waals surface area contributed by atoms with Crippen LogP contribution in [-0.4, -0.2) is 39.6 Å². The predicted octanol–water partition coefficient (Wildman–Crippen LogP) is 2.60. The highest BCUT2D eigenvalue weighted by Gasteiger charge is 2.30. The number of carbonyl (C=O) groups is 1.